The summed E-state index contributed by atoms with van der Waals surface area (Å²) in [7, 11) is -8.75. The van der Waals surface area contributed by atoms with Gasteiger partial charge in [-0.3, -0.25) is 19.4 Å². The molecule has 2 amide bonds. The van der Waals surface area contributed by atoms with E-state index >= 15 is 0 Å². The van der Waals surface area contributed by atoms with E-state index < -0.39 is 97.6 Å². The average Bonchev–Trinajstić information content (AvgIpc) is 3.47. The summed E-state index contributed by atoms with van der Waals surface area (Å²) >= 11 is 0. The molecule has 60 heavy (non-hydrogen) atoms. The van der Waals surface area contributed by atoms with Crippen LogP contribution in [0.5, 0.6) is 0 Å². The summed E-state index contributed by atoms with van der Waals surface area (Å²) < 4.78 is 79.7. The summed E-state index contributed by atoms with van der Waals surface area (Å²) in [6.07, 6.45) is 5.14. The molecular formula is C42H42N2O14S2. The topological polar surface area (TPSA) is 220 Å². The van der Waals surface area contributed by atoms with Gasteiger partial charge in [0.15, 0.2) is 9.74 Å². The van der Waals surface area contributed by atoms with E-state index in [9.17, 15) is 46.2 Å². The number of carbonyl (C=O) groups excluding carboxylic acids is 4. The number of amides is 2. The molecule has 2 aromatic carbocycles. The number of sulfone groups is 2. The number of hydrogen-bond donors (Lipinski definition) is 2. The molecule has 2 saturated heterocycles. The number of carbonyl (C=O) groups is 4. The van der Waals surface area contributed by atoms with Gasteiger partial charge in [0.1, 0.15) is 21.0 Å². The largest absolute Gasteiger partial charge is 0.480 e. The molecule has 0 atom stereocenters. The molecule has 4 aliphatic heterocycles. The van der Waals surface area contributed by atoms with Crippen molar-refractivity contribution in [2.24, 2.45) is 0 Å². The molecule has 0 radical (unpaired) electrons. The zero-order chi connectivity index (χ0) is 42.3. The SMILES string of the molecule is O=C1OC2(CCC3(CC2)OC(=O)C(/C=C2\C(=O)N(c4ccccc4)C4(CCCCC4)S2(=O)=O)=C(O)O3)OC(O)=C1/C=C1\C(=O)N(c2ccccc2)C2(CCCCC2)S1(=O)=O. The lowest BCUT2D eigenvalue weighted by atomic mass is 9.87. The normalized spacial score (nSPS) is 30.7. The van der Waals surface area contributed by atoms with Gasteiger partial charge in [0.05, 0.1) is 0 Å². The molecule has 16 nitrogen and oxygen atoms in total. The van der Waals surface area contributed by atoms with E-state index in [-0.39, 0.29) is 51.4 Å². The Morgan fingerprint density at radius 2 is 0.817 bits per heavy atom. The minimum atomic E-state index is -4.37. The van der Waals surface area contributed by atoms with Gasteiger partial charge in [-0.2, -0.15) is 0 Å². The Hall–Kier alpha value is -5.62. The van der Waals surface area contributed by atoms with Crippen molar-refractivity contribution in [1.82, 2.24) is 0 Å². The van der Waals surface area contributed by atoms with Crippen LogP contribution in [0.2, 0.25) is 0 Å². The van der Waals surface area contributed by atoms with Crippen LogP contribution in [-0.4, -0.2) is 72.1 Å². The number of hydrogen-bond acceptors (Lipinski definition) is 14. The highest BCUT2D eigenvalue weighted by atomic mass is 32.2. The van der Waals surface area contributed by atoms with Crippen molar-refractivity contribution in [3.05, 3.63) is 106 Å². The van der Waals surface area contributed by atoms with Gasteiger partial charge < -0.3 is 29.2 Å². The number of anilines is 2. The summed E-state index contributed by atoms with van der Waals surface area (Å²) in [5.41, 5.74) is -0.599. The number of nitrogens with zero attached hydrogens (tertiary/aromatic N) is 2. The molecule has 7 aliphatic rings. The molecule has 9 rings (SSSR count). The molecule has 3 aliphatic carbocycles. The molecule has 18 heteroatoms. The van der Waals surface area contributed by atoms with E-state index in [4.69, 9.17) is 18.9 Å². The monoisotopic (exact) mass is 862 g/mol. The van der Waals surface area contributed by atoms with E-state index in [0.717, 1.165) is 25.0 Å². The fourth-order valence-corrected chi connectivity index (χ4v) is 14.4. The Labute approximate surface area is 345 Å². The first-order valence-electron chi connectivity index (χ1n) is 20.0. The van der Waals surface area contributed by atoms with Crippen LogP contribution >= 0.6 is 0 Å². The van der Waals surface area contributed by atoms with Crippen LogP contribution < -0.4 is 9.80 Å². The number of esters is 2. The van der Waals surface area contributed by atoms with E-state index in [1.165, 1.54) is 9.80 Å². The first-order chi connectivity index (χ1) is 28.6. The molecule has 0 bridgehead atoms. The van der Waals surface area contributed by atoms with Gasteiger partial charge in [-0.25, -0.2) is 26.4 Å². The van der Waals surface area contributed by atoms with Gasteiger partial charge in [0, 0.05) is 37.1 Å². The van der Waals surface area contributed by atoms with Gasteiger partial charge in [-0.1, -0.05) is 74.9 Å². The summed E-state index contributed by atoms with van der Waals surface area (Å²) in [5, 5.41) is 22.2. The highest BCUT2D eigenvalue weighted by Crippen LogP contribution is 2.53. The van der Waals surface area contributed by atoms with Crippen LogP contribution in [-0.2, 0) is 57.8 Å². The molecule has 0 aromatic heterocycles. The minimum Gasteiger partial charge on any atom is -0.480 e. The molecule has 316 valence electrons. The van der Waals surface area contributed by atoms with Crippen molar-refractivity contribution in [1.29, 1.82) is 0 Å². The van der Waals surface area contributed by atoms with Crippen LogP contribution in [0.3, 0.4) is 0 Å². The lowest BCUT2D eigenvalue weighted by Gasteiger charge is -2.46. The fraction of sp³-hybridized carbons (Fsp3) is 0.429. The number of para-hydroxylation sites is 2. The molecular weight excluding hydrogens is 821 g/mol. The van der Waals surface area contributed by atoms with Crippen LogP contribution in [0.25, 0.3) is 0 Å². The molecule has 2 aromatic rings. The van der Waals surface area contributed by atoms with Crippen LogP contribution in [0.4, 0.5) is 11.4 Å². The molecule has 4 spiro atoms. The van der Waals surface area contributed by atoms with Gasteiger partial charge in [-0.15, -0.1) is 0 Å². The van der Waals surface area contributed by atoms with Crippen molar-refractivity contribution in [3.63, 3.8) is 0 Å². The third kappa shape index (κ3) is 5.80. The zero-order valence-corrected chi connectivity index (χ0v) is 34.0. The number of benzene rings is 2. The van der Waals surface area contributed by atoms with Gasteiger partial charge >= 0.3 is 11.9 Å². The molecule has 4 heterocycles. The van der Waals surface area contributed by atoms with Crippen LogP contribution in [0.1, 0.15) is 89.9 Å². The predicted molar refractivity (Wildman–Crippen MR) is 211 cm³/mol. The van der Waals surface area contributed by atoms with Crippen LogP contribution in [0.15, 0.2) is 106 Å². The number of ether oxygens (including phenoxy) is 4. The smallest absolute Gasteiger partial charge is 0.348 e. The number of rotatable bonds is 4. The van der Waals surface area contributed by atoms with Crippen molar-refractivity contribution in [2.75, 3.05) is 9.80 Å². The lowest BCUT2D eigenvalue weighted by Crippen LogP contribution is -2.53. The Bertz CT molecular complexity index is 2360. The summed E-state index contributed by atoms with van der Waals surface area (Å²) in [5.74, 6) is -9.65. The Morgan fingerprint density at radius 3 is 1.13 bits per heavy atom. The maximum Gasteiger partial charge on any atom is 0.348 e. The van der Waals surface area contributed by atoms with E-state index in [1.807, 2.05) is 0 Å². The highest BCUT2D eigenvalue weighted by molar-refractivity contribution is 7.98. The summed E-state index contributed by atoms with van der Waals surface area (Å²) in [6, 6.07) is 16.8. The number of aliphatic hydroxyl groups excluding tert-OH is 2. The predicted octanol–water partition coefficient (Wildman–Crippen LogP) is 5.65. The molecule has 0 unspecified atom stereocenters. The zero-order valence-electron chi connectivity index (χ0n) is 32.3. The van der Waals surface area contributed by atoms with Gasteiger partial charge in [0.2, 0.25) is 19.7 Å². The quantitative estimate of drug-likeness (QED) is 0.280. The first kappa shape index (κ1) is 39.8. The summed E-state index contributed by atoms with van der Waals surface area (Å²) in [4.78, 5) is 53.0. The molecule has 3 saturated carbocycles. The number of aliphatic hydroxyl groups is 2. The molecule has 2 N–H and O–H groups in total. The Morgan fingerprint density at radius 1 is 0.483 bits per heavy atom. The highest BCUT2D eigenvalue weighted by Gasteiger charge is 2.63. The van der Waals surface area contributed by atoms with Crippen molar-refractivity contribution >= 4 is 54.8 Å². The maximum atomic E-state index is 14.2. The van der Waals surface area contributed by atoms with E-state index in [2.05, 4.69) is 0 Å². The second-order valence-electron chi connectivity index (χ2n) is 16.2. The Kier molecular flexibility index (Phi) is 9.27. The summed E-state index contributed by atoms with van der Waals surface area (Å²) in [6.45, 7) is 0. The maximum absolute atomic E-state index is 14.2. The van der Waals surface area contributed by atoms with Crippen LogP contribution in [0, 0.1) is 0 Å². The second-order valence-corrected chi connectivity index (χ2v) is 20.6. The first-order valence-corrected chi connectivity index (χ1v) is 23.0. The fourth-order valence-electron chi connectivity index (χ4n) is 9.85. The Balaban J connectivity index is 0.959. The minimum absolute atomic E-state index is 0.186. The van der Waals surface area contributed by atoms with Crippen molar-refractivity contribution in [3.8, 4) is 0 Å². The third-order valence-electron chi connectivity index (χ3n) is 12.9. The van der Waals surface area contributed by atoms with Crippen molar-refractivity contribution in [2.45, 2.75) is 111 Å². The van der Waals surface area contributed by atoms with E-state index in [0.29, 0.717) is 37.1 Å². The second kappa shape index (κ2) is 14.0. The van der Waals surface area contributed by atoms with Gasteiger partial charge in [0.25, 0.3) is 35.3 Å². The lowest BCUT2D eigenvalue weighted by molar-refractivity contribution is -0.302. The average molecular weight is 863 g/mol. The standard InChI is InChI=1S/C42H42N2O14S2/c45-33-31(59(51,52)39(17-9-3-10-18-39)43(33)27-13-5-1-6-14-27)25-29-35(47)55-41(56-36(29)48)21-23-42(24-22-41)57-37(49)30(38(50)58-42)26-32-34(46)44(28-15-7-2-8-16-28)40(60(32,53)54)19-11-4-12-20-40/h1-2,5-8,13-16,25-26,47,49H,3-4,9-12,17-24H2/b31-25+,32-26+. The third-order valence-corrected chi connectivity index (χ3v) is 17.8. The van der Waals surface area contributed by atoms with Gasteiger partial charge in [-0.05, 0) is 62.1 Å². The van der Waals surface area contributed by atoms with Crippen molar-refractivity contribution < 1.29 is 65.2 Å². The van der Waals surface area contributed by atoms with E-state index in [1.54, 1.807) is 60.7 Å². The molecule has 5 fully saturated rings.